The Labute approximate surface area is 162 Å². The number of halogens is 1. The van der Waals surface area contributed by atoms with Crippen LogP contribution < -0.4 is 10.2 Å². The van der Waals surface area contributed by atoms with Gasteiger partial charge in [-0.1, -0.05) is 35.5 Å². The number of hydrogen-bond acceptors (Lipinski definition) is 7. The number of ether oxygens (including phenoxy) is 1. The second-order valence-corrected chi connectivity index (χ2v) is 7.74. The number of thiazole rings is 1. The van der Waals surface area contributed by atoms with Crippen molar-refractivity contribution in [2.45, 2.75) is 4.34 Å². The summed E-state index contributed by atoms with van der Waals surface area (Å²) in [4.78, 5) is 16.4. The molecule has 2 N–H and O–H groups in total. The van der Waals surface area contributed by atoms with E-state index < -0.39 is 0 Å². The number of nitrogens with one attached hydrogen (secondary N) is 1. The molecule has 2 aromatic carbocycles. The predicted octanol–water partition coefficient (Wildman–Crippen LogP) is 3.91. The van der Waals surface area contributed by atoms with E-state index >= 15 is 0 Å². The van der Waals surface area contributed by atoms with Crippen LogP contribution in [-0.4, -0.2) is 35.1 Å². The van der Waals surface area contributed by atoms with Gasteiger partial charge < -0.3 is 9.84 Å². The van der Waals surface area contributed by atoms with Gasteiger partial charge in [0, 0.05) is 0 Å². The van der Waals surface area contributed by atoms with Crippen LogP contribution in [0.3, 0.4) is 0 Å². The third kappa shape index (κ3) is 4.46. The van der Waals surface area contributed by atoms with Gasteiger partial charge in [-0.05, 0) is 29.8 Å². The number of para-hydroxylation sites is 1. The Morgan fingerprint density at radius 2 is 2.27 bits per heavy atom. The Morgan fingerprint density at radius 1 is 1.46 bits per heavy atom. The van der Waals surface area contributed by atoms with E-state index in [1.807, 2.05) is 24.3 Å². The molecule has 1 aromatic heterocycles. The fourth-order valence-electron chi connectivity index (χ4n) is 2.08. The van der Waals surface area contributed by atoms with Crippen LogP contribution >= 0.6 is 34.7 Å². The molecule has 0 saturated heterocycles. The average molecular weight is 408 g/mol. The molecule has 0 aliphatic carbocycles. The van der Waals surface area contributed by atoms with E-state index in [1.165, 1.54) is 31.2 Å². The van der Waals surface area contributed by atoms with Crippen LogP contribution in [0.25, 0.3) is 10.2 Å². The number of phenolic OH excluding ortho intramolecular Hbond substituents is 1. The van der Waals surface area contributed by atoms with Crippen molar-refractivity contribution >= 4 is 57.0 Å². The fourth-order valence-corrected chi connectivity index (χ4v) is 4.16. The van der Waals surface area contributed by atoms with E-state index in [0.29, 0.717) is 5.56 Å². The maximum absolute atomic E-state index is 11.9. The van der Waals surface area contributed by atoms with Crippen molar-refractivity contribution in [3.63, 3.8) is 0 Å². The van der Waals surface area contributed by atoms with E-state index in [0.717, 1.165) is 14.6 Å². The van der Waals surface area contributed by atoms with E-state index in [1.54, 1.807) is 17.4 Å². The molecular formula is C17H14ClN3O3S2. The van der Waals surface area contributed by atoms with Gasteiger partial charge in [-0.2, -0.15) is 5.10 Å². The maximum Gasteiger partial charge on any atom is 0.250 e. The van der Waals surface area contributed by atoms with Gasteiger partial charge in [0.15, 0.2) is 15.8 Å². The number of hydrogen-bond donors (Lipinski definition) is 2. The van der Waals surface area contributed by atoms with Crippen molar-refractivity contribution in [3.05, 3.63) is 47.0 Å². The van der Waals surface area contributed by atoms with E-state index in [-0.39, 0.29) is 28.2 Å². The summed E-state index contributed by atoms with van der Waals surface area (Å²) >= 11 is 8.81. The van der Waals surface area contributed by atoms with Crippen LogP contribution in [0.2, 0.25) is 5.02 Å². The van der Waals surface area contributed by atoms with Crippen LogP contribution in [0, 0.1) is 0 Å². The van der Waals surface area contributed by atoms with Gasteiger partial charge in [0.25, 0.3) is 5.91 Å². The van der Waals surface area contributed by atoms with Crippen LogP contribution in [0.15, 0.2) is 45.8 Å². The smallest absolute Gasteiger partial charge is 0.250 e. The first kappa shape index (κ1) is 18.5. The highest BCUT2D eigenvalue weighted by molar-refractivity contribution is 8.01. The van der Waals surface area contributed by atoms with Gasteiger partial charge in [0.2, 0.25) is 0 Å². The van der Waals surface area contributed by atoms with Gasteiger partial charge in [0.05, 0.1) is 34.3 Å². The Morgan fingerprint density at radius 3 is 3.04 bits per heavy atom. The molecule has 0 fully saturated rings. The Kier molecular flexibility index (Phi) is 5.97. The number of thioether (sulfide) groups is 1. The van der Waals surface area contributed by atoms with E-state index in [2.05, 4.69) is 15.5 Å². The first-order chi connectivity index (χ1) is 12.6. The summed E-state index contributed by atoms with van der Waals surface area (Å²) in [5, 5.41) is 13.7. The molecule has 26 heavy (non-hydrogen) atoms. The zero-order chi connectivity index (χ0) is 18.5. The summed E-state index contributed by atoms with van der Waals surface area (Å²) in [6.07, 6.45) is 1.42. The molecule has 0 atom stereocenters. The summed E-state index contributed by atoms with van der Waals surface area (Å²) in [5.41, 5.74) is 3.96. The molecule has 0 saturated carbocycles. The van der Waals surface area contributed by atoms with Gasteiger partial charge in [-0.15, -0.1) is 11.3 Å². The number of nitrogens with zero attached hydrogens (tertiary/aromatic N) is 2. The largest absolute Gasteiger partial charge is 0.503 e. The highest BCUT2D eigenvalue weighted by Gasteiger charge is 2.09. The summed E-state index contributed by atoms with van der Waals surface area (Å²) in [6, 6.07) is 10.9. The number of benzene rings is 2. The molecule has 0 spiro atoms. The number of fused-ring (bicyclic) bond motifs is 1. The lowest BCUT2D eigenvalue weighted by molar-refractivity contribution is -0.118. The number of rotatable bonds is 6. The van der Waals surface area contributed by atoms with E-state index in [9.17, 15) is 9.90 Å². The lowest BCUT2D eigenvalue weighted by Gasteiger charge is -2.06. The number of carbonyl (C=O) groups is 1. The molecular weight excluding hydrogens is 394 g/mol. The van der Waals surface area contributed by atoms with Gasteiger partial charge >= 0.3 is 0 Å². The van der Waals surface area contributed by atoms with Crippen LogP contribution in [-0.2, 0) is 4.79 Å². The average Bonchev–Trinajstić information content (AvgIpc) is 3.05. The van der Waals surface area contributed by atoms with Crippen LogP contribution in [0.4, 0.5) is 0 Å². The molecule has 0 bridgehead atoms. The highest BCUT2D eigenvalue weighted by Crippen LogP contribution is 2.34. The van der Waals surface area contributed by atoms with Crippen molar-refractivity contribution < 1.29 is 14.6 Å². The molecule has 3 aromatic rings. The lowest BCUT2D eigenvalue weighted by atomic mass is 10.2. The standard InChI is InChI=1S/C17H14ClN3O3S2/c1-24-13-7-10(6-11(18)16(13)23)8-19-21-15(22)9-25-17-20-12-4-2-3-5-14(12)26-17/h2-8,23H,9H2,1H3,(H,21,22)/b19-8+. The van der Waals surface area contributed by atoms with Crippen LogP contribution in [0.5, 0.6) is 11.5 Å². The van der Waals surface area contributed by atoms with Crippen molar-refractivity contribution in [1.82, 2.24) is 10.4 Å². The Bertz CT molecular complexity index is 942. The highest BCUT2D eigenvalue weighted by atomic mass is 35.5. The number of aromatic hydroxyl groups is 1. The SMILES string of the molecule is COc1cc(/C=N/NC(=O)CSc2nc3ccccc3s2)cc(Cl)c1O. The van der Waals surface area contributed by atoms with Crippen LogP contribution in [0.1, 0.15) is 5.56 Å². The van der Waals surface area contributed by atoms with Crippen molar-refractivity contribution in [2.24, 2.45) is 5.10 Å². The summed E-state index contributed by atoms with van der Waals surface area (Å²) in [5.74, 6) is 0.0539. The second kappa shape index (κ2) is 8.39. The molecule has 1 amide bonds. The zero-order valence-electron chi connectivity index (χ0n) is 13.6. The minimum Gasteiger partial charge on any atom is -0.503 e. The number of aromatic nitrogens is 1. The monoisotopic (exact) mass is 407 g/mol. The summed E-state index contributed by atoms with van der Waals surface area (Å²) in [6.45, 7) is 0. The Hall–Kier alpha value is -2.29. The molecule has 9 heteroatoms. The number of carbonyl (C=O) groups excluding carboxylic acids is 1. The van der Waals surface area contributed by atoms with Gasteiger partial charge in [-0.25, -0.2) is 10.4 Å². The third-order valence-electron chi connectivity index (χ3n) is 3.27. The number of amides is 1. The molecule has 134 valence electrons. The zero-order valence-corrected chi connectivity index (χ0v) is 16.0. The first-order valence-electron chi connectivity index (χ1n) is 7.43. The third-order valence-corrected chi connectivity index (χ3v) is 5.74. The maximum atomic E-state index is 11.9. The normalized spacial score (nSPS) is 11.2. The quantitative estimate of drug-likeness (QED) is 0.367. The van der Waals surface area contributed by atoms with E-state index in [4.69, 9.17) is 16.3 Å². The van der Waals surface area contributed by atoms with Crippen molar-refractivity contribution in [3.8, 4) is 11.5 Å². The second-order valence-electron chi connectivity index (χ2n) is 5.08. The number of phenols is 1. The molecule has 6 nitrogen and oxygen atoms in total. The summed E-state index contributed by atoms with van der Waals surface area (Å²) in [7, 11) is 1.42. The molecule has 0 aliphatic rings. The first-order valence-corrected chi connectivity index (χ1v) is 9.61. The van der Waals surface area contributed by atoms with Gasteiger partial charge in [0.1, 0.15) is 0 Å². The number of methoxy groups -OCH3 is 1. The molecule has 0 radical (unpaired) electrons. The molecule has 0 unspecified atom stereocenters. The molecule has 0 aliphatic heterocycles. The predicted molar refractivity (Wildman–Crippen MR) is 106 cm³/mol. The Balaban J connectivity index is 1.55. The van der Waals surface area contributed by atoms with Crippen molar-refractivity contribution in [1.29, 1.82) is 0 Å². The minimum absolute atomic E-state index is 0.136. The minimum atomic E-state index is -0.248. The number of hydrazone groups is 1. The fraction of sp³-hybridized carbons (Fsp3) is 0.118. The van der Waals surface area contributed by atoms with Crippen molar-refractivity contribution in [2.75, 3.05) is 12.9 Å². The summed E-state index contributed by atoms with van der Waals surface area (Å²) < 4.78 is 6.94. The van der Waals surface area contributed by atoms with Gasteiger partial charge in [-0.3, -0.25) is 4.79 Å². The molecule has 1 heterocycles. The topological polar surface area (TPSA) is 83.8 Å². The lowest BCUT2D eigenvalue weighted by Crippen LogP contribution is -2.19. The molecule has 3 rings (SSSR count).